The predicted molar refractivity (Wildman–Crippen MR) is 66.4 cm³/mol. The molecule has 4 heteroatoms. The fourth-order valence-electron chi connectivity index (χ4n) is 1.37. The van der Waals surface area contributed by atoms with Crippen molar-refractivity contribution in [1.82, 2.24) is 4.98 Å². The fourth-order valence-corrected chi connectivity index (χ4v) is 2.01. The first-order valence-corrected chi connectivity index (χ1v) is 5.43. The van der Waals surface area contributed by atoms with Gasteiger partial charge in [-0.25, -0.2) is 4.98 Å². The number of benzene rings is 1. The van der Waals surface area contributed by atoms with Crippen molar-refractivity contribution in [3.63, 3.8) is 0 Å². The van der Waals surface area contributed by atoms with Crippen LogP contribution in [0.25, 0.3) is 0 Å². The summed E-state index contributed by atoms with van der Waals surface area (Å²) < 4.78 is 0. The Labute approximate surface area is 99.6 Å². The summed E-state index contributed by atoms with van der Waals surface area (Å²) >= 11 is 1.61. The largest absolute Gasteiger partial charge is 0.322 e. The first-order chi connectivity index (χ1) is 6.86. The molecule has 0 spiro atoms. The molecular formula is C11H13ClN2S. The van der Waals surface area contributed by atoms with Crippen molar-refractivity contribution in [2.45, 2.75) is 12.5 Å². The van der Waals surface area contributed by atoms with Crippen molar-refractivity contribution in [3.05, 3.63) is 52.5 Å². The molecule has 0 unspecified atom stereocenters. The highest BCUT2D eigenvalue weighted by molar-refractivity contribution is 7.09. The topological polar surface area (TPSA) is 38.9 Å². The van der Waals surface area contributed by atoms with Crippen molar-refractivity contribution in [2.75, 3.05) is 0 Å². The van der Waals surface area contributed by atoms with Gasteiger partial charge in [0.15, 0.2) is 0 Å². The monoisotopic (exact) mass is 240 g/mol. The van der Waals surface area contributed by atoms with E-state index >= 15 is 0 Å². The molecule has 2 nitrogen and oxygen atoms in total. The highest BCUT2D eigenvalue weighted by Gasteiger charge is 2.08. The van der Waals surface area contributed by atoms with Crippen LogP contribution in [-0.4, -0.2) is 4.98 Å². The second-order valence-corrected chi connectivity index (χ2v) is 4.09. The van der Waals surface area contributed by atoms with E-state index in [1.165, 1.54) is 5.56 Å². The normalized spacial score (nSPS) is 11.8. The van der Waals surface area contributed by atoms with Crippen LogP contribution in [0.2, 0.25) is 0 Å². The maximum Gasteiger partial charge on any atom is 0.110 e. The van der Waals surface area contributed by atoms with Gasteiger partial charge in [-0.2, -0.15) is 0 Å². The molecule has 1 aromatic heterocycles. The van der Waals surface area contributed by atoms with E-state index in [9.17, 15) is 0 Å². The van der Waals surface area contributed by atoms with Crippen LogP contribution < -0.4 is 5.73 Å². The molecule has 0 saturated carbocycles. The van der Waals surface area contributed by atoms with Crippen LogP contribution in [0.15, 0.2) is 41.9 Å². The van der Waals surface area contributed by atoms with E-state index in [-0.39, 0.29) is 18.4 Å². The number of halogens is 1. The summed E-state index contributed by atoms with van der Waals surface area (Å²) in [6, 6.07) is 10.3. The summed E-state index contributed by atoms with van der Waals surface area (Å²) in [5, 5.41) is 2.97. The van der Waals surface area contributed by atoms with Crippen LogP contribution in [0.5, 0.6) is 0 Å². The molecule has 1 aromatic carbocycles. The third kappa shape index (κ3) is 3.30. The summed E-state index contributed by atoms with van der Waals surface area (Å²) in [6.07, 6.45) is 2.65. The molecule has 0 aliphatic heterocycles. The third-order valence-corrected chi connectivity index (χ3v) is 2.97. The Morgan fingerprint density at radius 3 is 2.60 bits per heavy atom. The second-order valence-electron chi connectivity index (χ2n) is 3.17. The maximum atomic E-state index is 6.02. The molecule has 0 radical (unpaired) electrons. The Bertz CT molecular complexity index is 375. The van der Waals surface area contributed by atoms with Gasteiger partial charge in [-0.15, -0.1) is 23.7 Å². The van der Waals surface area contributed by atoms with Crippen LogP contribution in [0, 0.1) is 0 Å². The van der Waals surface area contributed by atoms with Crippen molar-refractivity contribution < 1.29 is 0 Å². The standard InChI is InChI=1S/C11H12N2S.ClH/c12-10(11-13-6-7-14-11)8-9-4-2-1-3-5-9;/h1-7,10H,8,12H2;1H/t10-;/m0./s1. The number of hydrogen-bond donors (Lipinski definition) is 1. The SMILES string of the molecule is Cl.N[C@@H](Cc1ccccc1)c1nccs1. The van der Waals surface area contributed by atoms with Crippen LogP contribution in [0.4, 0.5) is 0 Å². The van der Waals surface area contributed by atoms with E-state index in [4.69, 9.17) is 5.73 Å². The van der Waals surface area contributed by atoms with Gasteiger partial charge in [0.25, 0.3) is 0 Å². The minimum atomic E-state index is 0. The zero-order valence-electron chi connectivity index (χ0n) is 8.17. The van der Waals surface area contributed by atoms with Gasteiger partial charge in [-0.1, -0.05) is 30.3 Å². The highest BCUT2D eigenvalue weighted by Crippen LogP contribution is 2.17. The van der Waals surface area contributed by atoms with Gasteiger partial charge >= 0.3 is 0 Å². The molecule has 0 amide bonds. The van der Waals surface area contributed by atoms with E-state index in [0.29, 0.717) is 0 Å². The Hall–Kier alpha value is -0.900. The Morgan fingerprint density at radius 2 is 2.00 bits per heavy atom. The predicted octanol–water partition coefficient (Wildman–Crippen LogP) is 2.81. The molecular weight excluding hydrogens is 228 g/mol. The van der Waals surface area contributed by atoms with Gasteiger partial charge in [0.1, 0.15) is 5.01 Å². The molecule has 1 heterocycles. The molecule has 0 fully saturated rings. The lowest BCUT2D eigenvalue weighted by molar-refractivity contribution is 0.715. The summed E-state index contributed by atoms with van der Waals surface area (Å²) in [5.41, 5.74) is 7.28. The lowest BCUT2D eigenvalue weighted by Crippen LogP contribution is -2.12. The summed E-state index contributed by atoms with van der Waals surface area (Å²) in [7, 11) is 0. The number of aromatic nitrogens is 1. The van der Waals surface area contributed by atoms with Crippen LogP contribution in [0.3, 0.4) is 0 Å². The summed E-state index contributed by atoms with van der Waals surface area (Å²) in [6.45, 7) is 0. The zero-order chi connectivity index (χ0) is 9.80. The molecule has 0 aliphatic rings. The number of hydrogen-bond acceptors (Lipinski definition) is 3. The van der Waals surface area contributed by atoms with Crippen molar-refractivity contribution in [2.24, 2.45) is 5.73 Å². The number of thiazole rings is 1. The molecule has 1 atom stereocenters. The maximum absolute atomic E-state index is 6.02. The lowest BCUT2D eigenvalue weighted by atomic mass is 10.1. The Morgan fingerprint density at radius 1 is 1.27 bits per heavy atom. The van der Waals surface area contributed by atoms with Crippen LogP contribution in [-0.2, 0) is 6.42 Å². The van der Waals surface area contributed by atoms with Crippen LogP contribution in [0.1, 0.15) is 16.6 Å². The molecule has 0 aliphatic carbocycles. The van der Waals surface area contributed by atoms with Crippen molar-refractivity contribution in [3.8, 4) is 0 Å². The highest BCUT2D eigenvalue weighted by atomic mass is 35.5. The second kappa shape index (κ2) is 5.85. The first-order valence-electron chi connectivity index (χ1n) is 4.55. The van der Waals surface area contributed by atoms with E-state index in [1.807, 2.05) is 23.6 Å². The van der Waals surface area contributed by atoms with E-state index in [2.05, 4.69) is 17.1 Å². The average Bonchev–Trinajstić information content (AvgIpc) is 2.72. The smallest absolute Gasteiger partial charge is 0.110 e. The van der Waals surface area contributed by atoms with Gasteiger partial charge in [-0.3, -0.25) is 0 Å². The fraction of sp³-hybridized carbons (Fsp3) is 0.182. The zero-order valence-corrected chi connectivity index (χ0v) is 9.80. The van der Waals surface area contributed by atoms with Gasteiger partial charge in [0.05, 0.1) is 6.04 Å². The Balaban J connectivity index is 0.00000112. The third-order valence-electron chi connectivity index (χ3n) is 2.07. The molecule has 0 saturated heterocycles. The summed E-state index contributed by atoms with van der Waals surface area (Å²) in [5.74, 6) is 0. The summed E-state index contributed by atoms with van der Waals surface area (Å²) in [4.78, 5) is 4.21. The molecule has 2 aromatic rings. The van der Waals surface area contributed by atoms with Gasteiger partial charge in [0.2, 0.25) is 0 Å². The average molecular weight is 241 g/mol. The van der Waals surface area contributed by atoms with E-state index < -0.39 is 0 Å². The number of nitrogens with zero attached hydrogens (tertiary/aromatic N) is 1. The quantitative estimate of drug-likeness (QED) is 0.896. The number of rotatable bonds is 3. The molecule has 2 rings (SSSR count). The molecule has 80 valence electrons. The van der Waals surface area contributed by atoms with E-state index in [0.717, 1.165) is 11.4 Å². The Kier molecular flexibility index (Phi) is 4.75. The van der Waals surface area contributed by atoms with Crippen molar-refractivity contribution >= 4 is 23.7 Å². The lowest BCUT2D eigenvalue weighted by Gasteiger charge is -2.07. The van der Waals surface area contributed by atoms with Gasteiger partial charge in [0, 0.05) is 11.6 Å². The minimum Gasteiger partial charge on any atom is -0.322 e. The van der Waals surface area contributed by atoms with E-state index in [1.54, 1.807) is 17.5 Å². The molecule has 15 heavy (non-hydrogen) atoms. The van der Waals surface area contributed by atoms with Crippen molar-refractivity contribution in [1.29, 1.82) is 0 Å². The number of nitrogens with two attached hydrogens (primary N) is 1. The first kappa shape index (κ1) is 12.2. The van der Waals surface area contributed by atoms with Gasteiger partial charge < -0.3 is 5.73 Å². The minimum absolute atomic E-state index is 0. The van der Waals surface area contributed by atoms with Gasteiger partial charge in [-0.05, 0) is 12.0 Å². The molecule has 2 N–H and O–H groups in total. The molecule has 0 bridgehead atoms. The van der Waals surface area contributed by atoms with Crippen LogP contribution >= 0.6 is 23.7 Å².